The van der Waals surface area contributed by atoms with Gasteiger partial charge in [-0.2, -0.15) is 0 Å². The monoisotopic (exact) mass is 551 g/mol. The maximum atomic E-state index is 13.9. The van der Waals surface area contributed by atoms with Crippen LogP contribution in [0.25, 0.3) is 11.0 Å². The zero-order valence-electron chi connectivity index (χ0n) is 21.5. The normalized spacial score (nSPS) is 15.7. The number of carbonyl (C=O) groups excluding carboxylic acids is 1. The van der Waals surface area contributed by atoms with Crippen molar-refractivity contribution in [1.82, 2.24) is 20.5 Å². The van der Waals surface area contributed by atoms with E-state index in [1.54, 1.807) is 48.5 Å². The van der Waals surface area contributed by atoms with E-state index in [1.165, 1.54) is 22.5 Å². The number of likely N-dealkylation sites (tertiary alicyclic amines) is 1. The fourth-order valence-electron chi connectivity index (χ4n) is 4.95. The lowest BCUT2D eigenvalue weighted by Crippen LogP contribution is -2.51. The Morgan fingerprint density at radius 3 is 2.49 bits per heavy atom. The number of nitrogens with one attached hydrogen (secondary N) is 1. The van der Waals surface area contributed by atoms with Gasteiger partial charge in [0.05, 0.1) is 12.1 Å². The van der Waals surface area contributed by atoms with Crippen molar-refractivity contribution in [2.45, 2.75) is 43.2 Å². The number of carbonyl (C=O) groups is 1. The van der Waals surface area contributed by atoms with Gasteiger partial charge < -0.3 is 5.32 Å². The second kappa shape index (κ2) is 11.5. The summed E-state index contributed by atoms with van der Waals surface area (Å²) in [7, 11) is -3.98. The summed E-state index contributed by atoms with van der Waals surface area (Å²) >= 11 is 0. The van der Waals surface area contributed by atoms with Crippen LogP contribution in [-0.2, 0) is 21.2 Å². The van der Waals surface area contributed by atoms with Crippen molar-refractivity contribution in [3.63, 3.8) is 0 Å². The van der Waals surface area contributed by atoms with Gasteiger partial charge in [-0.25, -0.2) is 17.4 Å². The molecular formula is C28H30FN5O4S. The molecule has 0 saturated carbocycles. The van der Waals surface area contributed by atoms with E-state index in [-0.39, 0.29) is 47.2 Å². The first-order valence-electron chi connectivity index (χ1n) is 12.9. The third-order valence-corrected chi connectivity index (χ3v) is 8.91. The molecule has 11 heteroatoms. The van der Waals surface area contributed by atoms with E-state index in [0.29, 0.717) is 24.3 Å². The molecule has 1 atom stereocenters. The van der Waals surface area contributed by atoms with Gasteiger partial charge in [0.15, 0.2) is 5.52 Å². The molecule has 204 valence electrons. The number of rotatable bonds is 9. The number of amides is 1. The average Bonchev–Trinajstić information content (AvgIpc) is 3.43. The summed E-state index contributed by atoms with van der Waals surface area (Å²) in [6.07, 6.45) is 1.71. The quantitative estimate of drug-likeness (QED) is 0.337. The summed E-state index contributed by atoms with van der Waals surface area (Å²) in [4.78, 5) is 14.8. The largest absolute Gasteiger partial charge is 0.353 e. The van der Waals surface area contributed by atoms with Gasteiger partial charge in [0.25, 0.3) is 10.0 Å². The fourth-order valence-corrected chi connectivity index (χ4v) is 6.64. The molecule has 2 heterocycles. The number of fused-ring (bicyclic) bond motifs is 1. The standard InChI is InChI=1S/C28H30FN5O4S/c1-20(33-16-14-23(15-17-33)30-27(35)18-21-10-12-22(29)13-11-21)19-34(24-6-3-2-4-7-24)39(36,37)26-9-5-8-25-28(26)32-38-31-25/h2-13,20,23H,14-19H2,1H3,(H,30,35)/t20-/m1/s1. The van der Waals surface area contributed by atoms with Crippen LogP contribution < -0.4 is 9.62 Å². The van der Waals surface area contributed by atoms with Crippen molar-refractivity contribution in [3.05, 3.63) is 84.2 Å². The van der Waals surface area contributed by atoms with Crippen molar-refractivity contribution in [2.75, 3.05) is 23.9 Å². The molecule has 1 aliphatic rings. The molecule has 3 aromatic carbocycles. The maximum absolute atomic E-state index is 13.9. The minimum absolute atomic E-state index is 0.0348. The van der Waals surface area contributed by atoms with Crippen molar-refractivity contribution in [1.29, 1.82) is 0 Å². The molecule has 1 amide bonds. The fraction of sp³-hybridized carbons (Fsp3) is 0.321. The van der Waals surface area contributed by atoms with Gasteiger partial charge in [0, 0.05) is 31.7 Å². The number of hydrogen-bond acceptors (Lipinski definition) is 7. The van der Waals surface area contributed by atoms with Crippen LogP contribution in [-0.4, -0.2) is 61.3 Å². The van der Waals surface area contributed by atoms with Crippen molar-refractivity contribution >= 4 is 32.7 Å². The summed E-state index contributed by atoms with van der Waals surface area (Å²) in [5.74, 6) is -0.419. The van der Waals surface area contributed by atoms with Crippen LogP contribution in [0.15, 0.2) is 82.3 Å². The lowest BCUT2D eigenvalue weighted by molar-refractivity contribution is -0.121. The average molecular weight is 552 g/mol. The molecule has 39 heavy (non-hydrogen) atoms. The van der Waals surface area contributed by atoms with Gasteiger partial charge in [0.1, 0.15) is 16.2 Å². The Balaban J connectivity index is 1.25. The molecule has 1 N–H and O–H groups in total. The molecule has 0 aliphatic carbocycles. The Bertz CT molecular complexity index is 1520. The third kappa shape index (κ3) is 6.10. The molecule has 1 aromatic heterocycles. The summed E-state index contributed by atoms with van der Waals surface area (Å²) in [5.41, 5.74) is 1.89. The van der Waals surface area contributed by atoms with Gasteiger partial charge in [-0.3, -0.25) is 14.0 Å². The zero-order valence-corrected chi connectivity index (χ0v) is 22.4. The number of hydrogen-bond donors (Lipinski definition) is 1. The minimum Gasteiger partial charge on any atom is -0.353 e. The highest BCUT2D eigenvalue weighted by Crippen LogP contribution is 2.29. The third-order valence-electron chi connectivity index (χ3n) is 7.09. The highest BCUT2D eigenvalue weighted by atomic mass is 32.2. The summed E-state index contributed by atoms with van der Waals surface area (Å²) in [5, 5.41) is 10.7. The van der Waals surface area contributed by atoms with E-state index in [2.05, 4.69) is 20.5 Å². The van der Waals surface area contributed by atoms with Crippen molar-refractivity contribution < 1.29 is 22.2 Å². The van der Waals surface area contributed by atoms with E-state index in [1.807, 2.05) is 13.0 Å². The lowest BCUT2D eigenvalue weighted by atomic mass is 10.0. The number of piperidine rings is 1. The second-order valence-corrected chi connectivity index (χ2v) is 11.6. The van der Waals surface area contributed by atoms with Gasteiger partial charge in [-0.15, -0.1) is 0 Å². The molecule has 4 aromatic rings. The number of anilines is 1. The van der Waals surface area contributed by atoms with Crippen molar-refractivity contribution in [3.8, 4) is 0 Å². The Labute approximate surface area is 226 Å². The maximum Gasteiger partial charge on any atom is 0.266 e. The Morgan fingerprint density at radius 1 is 1.05 bits per heavy atom. The van der Waals surface area contributed by atoms with Crippen LogP contribution in [0.3, 0.4) is 0 Å². The second-order valence-electron chi connectivity index (χ2n) is 9.79. The number of aromatic nitrogens is 2. The number of para-hydroxylation sites is 1. The molecule has 0 unspecified atom stereocenters. The van der Waals surface area contributed by atoms with Crippen LogP contribution in [0.5, 0.6) is 0 Å². The molecule has 9 nitrogen and oxygen atoms in total. The number of halogens is 1. The first-order valence-corrected chi connectivity index (χ1v) is 14.3. The Morgan fingerprint density at radius 2 is 1.77 bits per heavy atom. The van der Waals surface area contributed by atoms with Crippen molar-refractivity contribution in [2.24, 2.45) is 0 Å². The van der Waals surface area contributed by atoms with Crippen LogP contribution >= 0.6 is 0 Å². The topological polar surface area (TPSA) is 109 Å². The van der Waals surface area contributed by atoms with Gasteiger partial charge in [-0.1, -0.05) is 36.4 Å². The van der Waals surface area contributed by atoms with E-state index >= 15 is 0 Å². The summed E-state index contributed by atoms with van der Waals surface area (Å²) in [6.45, 7) is 3.68. The molecule has 1 saturated heterocycles. The smallest absolute Gasteiger partial charge is 0.266 e. The van der Waals surface area contributed by atoms with Crippen LogP contribution in [0, 0.1) is 5.82 Å². The first kappa shape index (κ1) is 26.8. The van der Waals surface area contributed by atoms with E-state index in [9.17, 15) is 17.6 Å². The summed E-state index contributed by atoms with van der Waals surface area (Å²) in [6, 6.07) is 19.7. The highest BCUT2D eigenvalue weighted by molar-refractivity contribution is 7.93. The van der Waals surface area contributed by atoms with Gasteiger partial charge >= 0.3 is 0 Å². The lowest BCUT2D eigenvalue weighted by Gasteiger charge is -2.38. The van der Waals surface area contributed by atoms with Crippen LogP contribution in [0.1, 0.15) is 25.3 Å². The molecular weight excluding hydrogens is 521 g/mol. The predicted molar refractivity (Wildman–Crippen MR) is 145 cm³/mol. The van der Waals surface area contributed by atoms with Crippen LogP contribution in [0.4, 0.5) is 10.1 Å². The predicted octanol–water partition coefficient (Wildman–Crippen LogP) is 3.77. The van der Waals surface area contributed by atoms with Gasteiger partial charge in [0.2, 0.25) is 5.91 Å². The number of nitrogens with zero attached hydrogens (tertiary/aromatic N) is 4. The minimum atomic E-state index is -3.98. The molecule has 1 aliphatic heterocycles. The SMILES string of the molecule is C[C@H](CN(c1ccccc1)S(=O)(=O)c1cccc2nonc12)N1CCC(NC(=O)Cc2ccc(F)cc2)CC1. The first-order chi connectivity index (χ1) is 18.8. The van der Waals surface area contributed by atoms with Crippen LogP contribution in [0.2, 0.25) is 0 Å². The number of sulfonamides is 1. The van der Waals surface area contributed by atoms with E-state index < -0.39 is 10.0 Å². The Hall–Kier alpha value is -3.83. The number of benzene rings is 3. The zero-order chi connectivity index (χ0) is 27.4. The molecule has 1 fully saturated rings. The van der Waals surface area contributed by atoms with E-state index in [0.717, 1.165) is 18.4 Å². The highest BCUT2D eigenvalue weighted by Gasteiger charge is 2.32. The summed E-state index contributed by atoms with van der Waals surface area (Å²) < 4.78 is 47.2. The molecule has 0 radical (unpaired) electrons. The molecule has 5 rings (SSSR count). The molecule has 0 bridgehead atoms. The van der Waals surface area contributed by atoms with Gasteiger partial charge in [-0.05, 0) is 72.0 Å². The molecule has 0 spiro atoms. The van der Waals surface area contributed by atoms with E-state index in [4.69, 9.17) is 4.63 Å². The Kier molecular flexibility index (Phi) is 7.89.